The number of rotatable bonds is 3. The van der Waals surface area contributed by atoms with Gasteiger partial charge in [-0.05, 0) is 41.8 Å². The largest absolute Gasteiger partial charge is 0.324 e. The molecule has 2 aromatic carbocycles. The van der Waals surface area contributed by atoms with Crippen LogP contribution in [0.25, 0.3) is 0 Å². The summed E-state index contributed by atoms with van der Waals surface area (Å²) in [5.74, 6) is -0.284. The molecule has 19 heavy (non-hydrogen) atoms. The van der Waals surface area contributed by atoms with Gasteiger partial charge in [-0.15, -0.1) is 0 Å². The Morgan fingerprint density at radius 3 is 2.53 bits per heavy atom. The molecule has 0 aliphatic rings. The van der Waals surface area contributed by atoms with Crippen LogP contribution in [0.3, 0.4) is 0 Å². The predicted molar refractivity (Wildman–Crippen MR) is 81.2 cm³/mol. The molecule has 0 aliphatic carbocycles. The van der Waals surface area contributed by atoms with Crippen LogP contribution in [0.2, 0.25) is 10.0 Å². The zero-order valence-corrected chi connectivity index (χ0v) is 12.9. The second kappa shape index (κ2) is 6.23. The summed E-state index contributed by atoms with van der Waals surface area (Å²) in [6.45, 7) is 0. The molecule has 0 spiro atoms. The number of benzene rings is 2. The Hall–Kier alpha value is -0.610. The van der Waals surface area contributed by atoms with Crippen LogP contribution < -0.4 is 5.73 Å². The highest BCUT2D eigenvalue weighted by Gasteiger charge is 2.13. The average Bonchev–Trinajstić information content (AvgIpc) is 2.32. The average molecular weight is 363 g/mol. The van der Waals surface area contributed by atoms with Crippen LogP contribution in [0.4, 0.5) is 4.39 Å². The minimum Gasteiger partial charge on any atom is -0.324 e. The molecule has 0 radical (unpaired) electrons. The molecule has 0 bridgehead atoms. The SMILES string of the molecule is NC(Cc1ccc(F)cc1Br)c1ccc(Cl)cc1Cl. The minimum absolute atomic E-state index is 0.272. The van der Waals surface area contributed by atoms with Crippen LogP contribution in [0.15, 0.2) is 40.9 Å². The van der Waals surface area contributed by atoms with E-state index in [4.69, 9.17) is 28.9 Å². The van der Waals surface area contributed by atoms with Crippen molar-refractivity contribution in [2.45, 2.75) is 12.5 Å². The molecule has 1 unspecified atom stereocenters. The lowest BCUT2D eigenvalue weighted by molar-refractivity contribution is 0.624. The van der Waals surface area contributed by atoms with Gasteiger partial charge >= 0.3 is 0 Å². The number of hydrogen-bond donors (Lipinski definition) is 1. The van der Waals surface area contributed by atoms with Crippen LogP contribution in [0.5, 0.6) is 0 Å². The van der Waals surface area contributed by atoms with Crippen LogP contribution in [-0.2, 0) is 6.42 Å². The summed E-state index contributed by atoms with van der Waals surface area (Å²) in [6, 6.07) is 9.50. The monoisotopic (exact) mass is 361 g/mol. The molecular weight excluding hydrogens is 352 g/mol. The van der Waals surface area contributed by atoms with Gasteiger partial charge in [0.2, 0.25) is 0 Å². The van der Waals surface area contributed by atoms with Crippen molar-refractivity contribution >= 4 is 39.1 Å². The van der Waals surface area contributed by atoms with Crippen molar-refractivity contribution in [3.05, 3.63) is 67.9 Å². The Kier molecular flexibility index (Phi) is 4.85. The Morgan fingerprint density at radius 2 is 1.89 bits per heavy atom. The van der Waals surface area contributed by atoms with E-state index in [1.54, 1.807) is 18.2 Å². The first-order chi connectivity index (χ1) is 8.97. The fraction of sp³-hybridized carbons (Fsp3) is 0.143. The number of hydrogen-bond acceptors (Lipinski definition) is 1. The van der Waals surface area contributed by atoms with Gasteiger partial charge in [-0.3, -0.25) is 0 Å². The van der Waals surface area contributed by atoms with Gasteiger partial charge in [0, 0.05) is 20.6 Å². The summed E-state index contributed by atoms with van der Waals surface area (Å²) in [6.07, 6.45) is 0.558. The van der Waals surface area contributed by atoms with Crippen molar-refractivity contribution in [3.8, 4) is 0 Å². The Morgan fingerprint density at radius 1 is 1.16 bits per heavy atom. The highest BCUT2D eigenvalue weighted by Crippen LogP contribution is 2.29. The quantitative estimate of drug-likeness (QED) is 0.803. The van der Waals surface area contributed by atoms with Gasteiger partial charge in [0.25, 0.3) is 0 Å². The second-order valence-corrected chi connectivity index (χ2v) is 5.91. The van der Waals surface area contributed by atoms with E-state index in [2.05, 4.69) is 15.9 Å². The fourth-order valence-electron chi connectivity index (χ4n) is 1.84. The van der Waals surface area contributed by atoms with Gasteiger partial charge in [0.1, 0.15) is 5.82 Å². The molecule has 100 valence electrons. The van der Waals surface area contributed by atoms with Crippen LogP contribution >= 0.6 is 39.1 Å². The molecule has 1 atom stereocenters. The Labute approximate surface area is 129 Å². The summed E-state index contributed by atoms with van der Waals surface area (Å²) in [5.41, 5.74) is 7.89. The number of halogens is 4. The second-order valence-electron chi connectivity index (χ2n) is 4.21. The van der Waals surface area contributed by atoms with E-state index < -0.39 is 0 Å². The zero-order chi connectivity index (χ0) is 14.0. The van der Waals surface area contributed by atoms with E-state index in [9.17, 15) is 4.39 Å². The van der Waals surface area contributed by atoms with Crippen molar-refractivity contribution in [2.24, 2.45) is 5.73 Å². The summed E-state index contributed by atoms with van der Waals surface area (Å²) in [7, 11) is 0. The van der Waals surface area contributed by atoms with Crippen molar-refractivity contribution in [1.29, 1.82) is 0 Å². The normalized spacial score (nSPS) is 12.5. The zero-order valence-electron chi connectivity index (χ0n) is 9.84. The van der Waals surface area contributed by atoms with Crippen molar-refractivity contribution in [1.82, 2.24) is 0 Å². The third kappa shape index (κ3) is 3.69. The van der Waals surface area contributed by atoms with Gasteiger partial charge in [-0.2, -0.15) is 0 Å². The van der Waals surface area contributed by atoms with Gasteiger partial charge in [0.05, 0.1) is 0 Å². The van der Waals surface area contributed by atoms with Gasteiger partial charge < -0.3 is 5.73 Å². The fourth-order valence-corrected chi connectivity index (χ4v) is 2.90. The lowest BCUT2D eigenvalue weighted by Gasteiger charge is -2.15. The molecule has 0 heterocycles. The van der Waals surface area contributed by atoms with Crippen molar-refractivity contribution in [3.63, 3.8) is 0 Å². The van der Waals surface area contributed by atoms with Crippen LogP contribution in [-0.4, -0.2) is 0 Å². The lowest BCUT2D eigenvalue weighted by atomic mass is 9.99. The van der Waals surface area contributed by atoms with E-state index >= 15 is 0 Å². The van der Waals surface area contributed by atoms with Crippen LogP contribution in [0, 0.1) is 5.82 Å². The maximum atomic E-state index is 13.0. The number of nitrogens with two attached hydrogens (primary N) is 1. The van der Waals surface area contributed by atoms with E-state index in [0.717, 1.165) is 11.1 Å². The molecule has 2 rings (SSSR count). The van der Waals surface area contributed by atoms with E-state index in [0.29, 0.717) is 20.9 Å². The molecule has 0 saturated heterocycles. The van der Waals surface area contributed by atoms with Gasteiger partial charge in [-0.25, -0.2) is 4.39 Å². The minimum atomic E-state index is -0.284. The van der Waals surface area contributed by atoms with Crippen molar-refractivity contribution in [2.75, 3.05) is 0 Å². The smallest absolute Gasteiger partial charge is 0.124 e. The maximum Gasteiger partial charge on any atom is 0.124 e. The van der Waals surface area contributed by atoms with Crippen molar-refractivity contribution < 1.29 is 4.39 Å². The molecule has 1 nitrogen and oxygen atoms in total. The standard InChI is InChI=1S/C14H11BrCl2FN/c15-12-7-10(18)3-1-8(12)5-14(19)11-4-2-9(16)6-13(11)17/h1-4,6-7,14H,5,19H2. The molecular formula is C14H11BrCl2FN. The first kappa shape index (κ1) is 14.8. The third-order valence-electron chi connectivity index (χ3n) is 2.82. The van der Waals surface area contributed by atoms with E-state index in [1.807, 2.05) is 6.07 Å². The van der Waals surface area contributed by atoms with Gasteiger partial charge in [0.15, 0.2) is 0 Å². The van der Waals surface area contributed by atoms with Gasteiger partial charge in [-0.1, -0.05) is 51.3 Å². The molecule has 5 heteroatoms. The maximum absolute atomic E-state index is 13.0. The van der Waals surface area contributed by atoms with E-state index in [1.165, 1.54) is 12.1 Å². The molecule has 0 saturated carbocycles. The Bertz CT molecular complexity index is 604. The highest BCUT2D eigenvalue weighted by molar-refractivity contribution is 9.10. The highest BCUT2D eigenvalue weighted by atomic mass is 79.9. The summed E-state index contributed by atoms with van der Waals surface area (Å²) >= 11 is 15.3. The predicted octanol–water partition coefficient (Wildman–Crippen LogP) is 5.14. The molecule has 2 N–H and O–H groups in total. The molecule has 0 amide bonds. The third-order valence-corrected chi connectivity index (χ3v) is 4.12. The first-order valence-electron chi connectivity index (χ1n) is 5.62. The summed E-state index contributed by atoms with van der Waals surface area (Å²) < 4.78 is 13.7. The molecule has 0 aromatic heterocycles. The topological polar surface area (TPSA) is 26.0 Å². The van der Waals surface area contributed by atoms with E-state index in [-0.39, 0.29) is 11.9 Å². The summed E-state index contributed by atoms with van der Waals surface area (Å²) in [4.78, 5) is 0. The Balaban J connectivity index is 2.23. The molecule has 2 aromatic rings. The molecule has 0 aliphatic heterocycles. The lowest BCUT2D eigenvalue weighted by Crippen LogP contribution is -2.14. The first-order valence-corrected chi connectivity index (χ1v) is 7.16. The molecule has 0 fully saturated rings. The van der Waals surface area contributed by atoms with Crippen LogP contribution in [0.1, 0.15) is 17.2 Å². The summed E-state index contributed by atoms with van der Waals surface area (Å²) in [5, 5.41) is 1.11.